The minimum Gasteiger partial charge on any atom is -0.354 e. The van der Waals surface area contributed by atoms with Crippen molar-refractivity contribution in [2.75, 3.05) is 11.9 Å². The van der Waals surface area contributed by atoms with Crippen LogP contribution in [0.3, 0.4) is 0 Å². The Morgan fingerprint density at radius 2 is 1.94 bits per heavy atom. The van der Waals surface area contributed by atoms with Gasteiger partial charge in [0.05, 0.1) is 5.69 Å². The van der Waals surface area contributed by atoms with Gasteiger partial charge in [-0.15, -0.1) is 0 Å². The zero-order chi connectivity index (χ0) is 12.4. The molecule has 0 atom stereocenters. The fourth-order valence-electron chi connectivity index (χ4n) is 2.21. The molecule has 0 amide bonds. The molecule has 2 heterocycles. The summed E-state index contributed by atoms with van der Waals surface area (Å²) in [6, 6.07) is 9.70. The molecule has 4 heteroatoms. The monoisotopic (exact) mass is 241 g/mol. The molecule has 0 bridgehead atoms. The van der Waals surface area contributed by atoms with Crippen molar-refractivity contribution in [3.05, 3.63) is 58.0 Å². The number of rotatable bonds is 2. The first-order valence-electron chi connectivity index (χ1n) is 6.09. The number of pyridine rings is 1. The first kappa shape index (κ1) is 11.0. The van der Waals surface area contributed by atoms with Gasteiger partial charge >= 0.3 is 0 Å². The molecule has 0 saturated heterocycles. The Balaban J connectivity index is 1.84. The Morgan fingerprint density at radius 1 is 1.06 bits per heavy atom. The fourth-order valence-corrected chi connectivity index (χ4v) is 2.21. The first-order chi connectivity index (χ1) is 8.81. The molecule has 3 N–H and O–H groups in total. The molecular formula is C14H15N3O. The van der Waals surface area contributed by atoms with Gasteiger partial charge in [-0.2, -0.15) is 0 Å². The molecule has 18 heavy (non-hydrogen) atoms. The number of fused-ring (bicyclic) bond motifs is 1. The number of aromatic amines is 1. The SMILES string of the molecule is O=c1ccc(Nc2ccc3c(c2)CNCC3)c[nH]1. The topological polar surface area (TPSA) is 56.9 Å². The second-order valence-electron chi connectivity index (χ2n) is 4.48. The van der Waals surface area contributed by atoms with Crippen molar-refractivity contribution in [1.29, 1.82) is 0 Å². The van der Waals surface area contributed by atoms with Crippen LogP contribution in [0.15, 0.2) is 41.3 Å². The third-order valence-corrected chi connectivity index (χ3v) is 3.17. The van der Waals surface area contributed by atoms with Crippen molar-refractivity contribution >= 4 is 11.4 Å². The van der Waals surface area contributed by atoms with Crippen molar-refractivity contribution < 1.29 is 0 Å². The van der Waals surface area contributed by atoms with Gasteiger partial charge < -0.3 is 15.6 Å². The highest BCUT2D eigenvalue weighted by atomic mass is 16.1. The molecule has 0 radical (unpaired) electrons. The summed E-state index contributed by atoms with van der Waals surface area (Å²) >= 11 is 0. The third kappa shape index (κ3) is 2.28. The molecule has 0 unspecified atom stereocenters. The molecule has 1 aromatic carbocycles. The summed E-state index contributed by atoms with van der Waals surface area (Å²) in [4.78, 5) is 13.6. The maximum atomic E-state index is 11.0. The number of aromatic nitrogens is 1. The number of anilines is 2. The number of H-pyrrole nitrogens is 1. The van der Waals surface area contributed by atoms with E-state index in [0.717, 1.165) is 30.9 Å². The highest BCUT2D eigenvalue weighted by Gasteiger charge is 2.08. The van der Waals surface area contributed by atoms with Crippen molar-refractivity contribution in [2.45, 2.75) is 13.0 Å². The average Bonchev–Trinajstić information content (AvgIpc) is 2.41. The van der Waals surface area contributed by atoms with Crippen molar-refractivity contribution in [3.63, 3.8) is 0 Å². The van der Waals surface area contributed by atoms with Crippen LogP contribution in [0.1, 0.15) is 11.1 Å². The second kappa shape index (κ2) is 4.66. The molecule has 92 valence electrons. The average molecular weight is 241 g/mol. The lowest BCUT2D eigenvalue weighted by molar-refractivity contribution is 0.644. The third-order valence-electron chi connectivity index (χ3n) is 3.17. The quantitative estimate of drug-likeness (QED) is 0.751. The van der Waals surface area contributed by atoms with E-state index in [1.54, 1.807) is 12.3 Å². The maximum absolute atomic E-state index is 11.0. The van der Waals surface area contributed by atoms with Crippen molar-refractivity contribution in [1.82, 2.24) is 10.3 Å². The Kier molecular flexibility index (Phi) is 2.86. The zero-order valence-corrected chi connectivity index (χ0v) is 9.99. The van der Waals surface area contributed by atoms with E-state index in [2.05, 4.69) is 33.8 Å². The second-order valence-corrected chi connectivity index (χ2v) is 4.48. The first-order valence-corrected chi connectivity index (χ1v) is 6.09. The molecule has 4 nitrogen and oxygen atoms in total. The molecule has 1 aliphatic heterocycles. The molecule has 1 aliphatic rings. The predicted molar refractivity (Wildman–Crippen MR) is 72.2 cm³/mol. The molecule has 2 aromatic rings. The van der Waals surface area contributed by atoms with Crippen molar-refractivity contribution in [3.8, 4) is 0 Å². The predicted octanol–water partition coefficient (Wildman–Crippen LogP) is 1.76. The van der Waals surface area contributed by atoms with Gasteiger partial charge in [0.25, 0.3) is 0 Å². The molecule has 0 fully saturated rings. The van der Waals surface area contributed by atoms with Crippen LogP contribution in [-0.4, -0.2) is 11.5 Å². The van der Waals surface area contributed by atoms with Crippen LogP contribution in [0.25, 0.3) is 0 Å². The fraction of sp³-hybridized carbons (Fsp3) is 0.214. The van der Waals surface area contributed by atoms with Gasteiger partial charge in [-0.05, 0) is 42.3 Å². The Bertz CT molecular complexity index is 598. The molecule has 0 aliphatic carbocycles. The van der Waals surface area contributed by atoms with E-state index in [-0.39, 0.29) is 5.56 Å². The standard InChI is InChI=1S/C14H15N3O/c18-14-4-3-13(9-16-14)17-12-2-1-10-5-6-15-8-11(10)7-12/h1-4,7,9,15,17H,5-6,8H2,(H,16,18). The van der Waals surface area contributed by atoms with Gasteiger partial charge in [0, 0.05) is 24.5 Å². The van der Waals surface area contributed by atoms with Crippen molar-refractivity contribution in [2.24, 2.45) is 0 Å². The summed E-state index contributed by atoms with van der Waals surface area (Å²) in [5.74, 6) is 0. The number of benzene rings is 1. The van der Waals surface area contributed by atoms with Crippen LogP contribution in [0.5, 0.6) is 0 Å². The van der Waals surface area contributed by atoms with E-state index in [4.69, 9.17) is 0 Å². The summed E-state index contributed by atoms with van der Waals surface area (Å²) in [6.45, 7) is 1.98. The van der Waals surface area contributed by atoms with E-state index in [1.807, 2.05) is 0 Å². The molecule has 0 saturated carbocycles. The minimum absolute atomic E-state index is 0.0878. The number of hydrogen-bond donors (Lipinski definition) is 3. The van der Waals surface area contributed by atoms with Crippen LogP contribution >= 0.6 is 0 Å². The van der Waals surface area contributed by atoms with Crippen LogP contribution in [0, 0.1) is 0 Å². The molecule has 0 spiro atoms. The Hall–Kier alpha value is -2.07. The van der Waals surface area contributed by atoms with Crippen LogP contribution in [0.2, 0.25) is 0 Å². The summed E-state index contributed by atoms with van der Waals surface area (Å²) in [5, 5.41) is 6.65. The Morgan fingerprint density at radius 3 is 2.78 bits per heavy atom. The van der Waals surface area contributed by atoms with E-state index >= 15 is 0 Å². The lowest BCUT2D eigenvalue weighted by Crippen LogP contribution is -2.23. The maximum Gasteiger partial charge on any atom is 0.248 e. The highest BCUT2D eigenvalue weighted by Crippen LogP contribution is 2.21. The van der Waals surface area contributed by atoms with Gasteiger partial charge in [0.1, 0.15) is 0 Å². The van der Waals surface area contributed by atoms with Gasteiger partial charge in [0.15, 0.2) is 0 Å². The summed E-state index contributed by atoms with van der Waals surface area (Å²) < 4.78 is 0. The minimum atomic E-state index is -0.0878. The number of nitrogens with one attached hydrogen (secondary N) is 3. The van der Waals surface area contributed by atoms with E-state index in [9.17, 15) is 4.79 Å². The van der Waals surface area contributed by atoms with Crippen LogP contribution in [0.4, 0.5) is 11.4 Å². The lowest BCUT2D eigenvalue weighted by Gasteiger charge is -2.18. The zero-order valence-electron chi connectivity index (χ0n) is 9.99. The molecule has 1 aromatic heterocycles. The highest BCUT2D eigenvalue weighted by molar-refractivity contribution is 5.60. The van der Waals surface area contributed by atoms with Crippen LogP contribution in [-0.2, 0) is 13.0 Å². The van der Waals surface area contributed by atoms with E-state index < -0.39 is 0 Å². The smallest absolute Gasteiger partial charge is 0.248 e. The van der Waals surface area contributed by atoms with Gasteiger partial charge in [-0.1, -0.05) is 6.07 Å². The molecule has 3 rings (SSSR count). The summed E-state index contributed by atoms with van der Waals surface area (Å²) in [6.07, 6.45) is 2.77. The van der Waals surface area contributed by atoms with E-state index in [0.29, 0.717) is 0 Å². The van der Waals surface area contributed by atoms with Gasteiger partial charge in [-0.3, -0.25) is 4.79 Å². The summed E-state index contributed by atoms with van der Waals surface area (Å²) in [7, 11) is 0. The Labute approximate surface area is 105 Å². The molecular weight excluding hydrogens is 226 g/mol. The summed E-state index contributed by atoms with van der Waals surface area (Å²) in [5.41, 5.74) is 4.61. The van der Waals surface area contributed by atoms with Gasteiger partial charge in [0.2, 0.25) is 5.56 Å². The van der Waals surface area contributed by atoms with E-state index in [1.165, 1.54) is 17.2 Å². The normalized spacial score (nSPS) is 14.0. The van der Waals surface area contributed by atoms with Gasteiger partial charge in [-0.25, -0.2) is 0 Å². The lowest BCUT2D eigenvalue weighted by atomic mass is 10.0. The number of hydrogen-bond acceptors (Lipinski definition) is 3. The van der Waals surface area contributed by atoms with Crippen LogP contribution < -0.4 is 16.2 Å². The largest absolute Gasteiger partial charge is 0.354 e.